The third-order valence-corrected chi connectivity index (χ3v) is 2.02. The smallest absolute Gasteiger partial charge is 0.145 e. The Kier molecular flexibility index (Phi) is 6.89. The van der Waals surface area contributed by atoms with E-state index in [0.717, 1.165) is 0 Å². The van der Waals surface area contributed by atoms with Crippen molar-refractivity contribution in [3.05, 3.63) is 0 Å². The van der Waals surface area contributed by atoms with Crippen LogP contribution in [0.1, 0.15) is 0 Å². The summed E-state index contributed by atoms with van der Waals surface area (Å²) in [4.78, 5) is 0. The third kappa shape index (κ3) is 3.97. The van der Waals surface area contributed by atoms with Gasteiger partial charge in [-0.1, -0.05) is 0 Å². The van der Waals surface area contributed by atoms with Gasteiger partial charge in [0, 0.05) is 7.11 Å². The largest absolute Gasteiger partial charge is 0.394 e. The number of hydrogen-bond donors (Lipinski definition) is 7. The highest BCUT2D eigenvalue weighted by Crippen LogP contribution is 2.10. The molecule has 15 heavy (non-hydrogen) atoms. The van der Waals surface area contributed by atoms with Crippen molar-refractivity contribution >= 4 is 0 Å². The van der Waals surface area contributed by atoms with Gasteiger partial charge in [-0.15, -0.1) is 0 Å². The predicted octanol–water partition coefficient (Wildman–Crippen LogP) is -4.14. The summed E-state index contributed by atoms with van der Waals surface area (Å²) >= 11 is 0. The lowest BCUT2D eigenvalue weighted by Crippen LogP contribution is -2.55. The summed E-state index contributed by atoms with van der Waals surface area (Å²) in [5.41, 5.74) is 1.86. The van der Waals surface area contributed by atoms with E-state index in [0.29, 0.717) is 0 Å². The van der Waals surface area contributed by atoms with Gasteiger partial charge in [-0.2, -0.15) is 0 Å². The SMILES string of the molecule is CO[C@@H]([C@H](O)[C@H](O)CO)[C@@H](O)C(O)NN. The van der Waals surface area contributed by atoms with Crippen molar-refractivity contribution < 1.29 is 30.3 Å². The van der Waals surface area contributed by atoms with Gasteiger partial charge in [0.1, 0.15) is 30.6 Å². The van der Waals surface area contributed by atoms with E-state index in [9.17, 15) is 10.2 Å². The van der Waals surface area contributed by atoms with E-state index in [1.54, 1.807) is 0 Å². The predicted molar refractivity (Wildman–Crippen MR) is 49.2 cm³/mol. The van der Waals surface area contributed by atoms with Gasteiger partial charge in [0.15, 0.2) is 0 Å². The number of nitrogens with one attached hydrogen (secondary N) is 1. The number of nitrogens with two attached hydrogens (primary N) is 1. The van der Waals surface area contributed by atoms with Crippen LogP contribution in [-0.4, -0.2) is 69.9 Å². The summed E-state index contributed by atoms with van der Waals surface area (Å²) in [5.74, 6) is 4.87. The van der Waals surface area contributed by atoms with Crippen LogP contribution in [0.5, 0.6) is 0 Å². The minimum absolute atomic E-state index is 0.695. The van der Waals surface area contributed by atoms with Crippen LogP contribution in [0, 0.1) is 0 Å². The van der Waals surface area contributed by atoms with Gasteiger partial charge in [0.2, 0.25) is 0 Å². The highest BCUT2D eigenvalue weighted by Gasteiger charge is 2.35. The topological polar surface area (TPSA) is 148 Å². The van der Waals surface area contributed by atoms with Crippen LogP contribution < -0.4 is 11.3 Å². The molecular weight excluding hydrogens is 208 g/mol. The number of hydrogen-bond acceptors (Lipinski definition) is 8. The second kappa shape index (κ2) is 7.04. The van der Waals surface area contributed by atoms with Crippen LogP contribution in [0.3, 0.4) is 0 Å². The van der Waals surface area contributed by atoms with Crippen LogP contribution in [-0.2, 0) is 4.74 Å². The van der Waals surface area contributed by atoms with Crippen molar-refractivity contribution in [1.82, 2.24) is 5.43 Å². The summed E-state index contributed by atoms with van der Waals surface area (Å²) < 4.78 is 4.69. The lowest BCUT2D eigenvalue weighted by Gasteiger charge is -2.30. The molecule has 0 aliphatic carbocycles. The molecule has 0 amide bonds. The van der Waals surface area contributed by atoms with Crippen molar-refractivity contribution in [3.63, 3.8) is 0 Å². The van der Waals surface area contributed by atoms with Crippen LogP contribution in [0.2, 0.25) is 0 Å². The molecule has 0 aromatic heterocycles. The number of aliphatic hydroxyl groups excluding tert-OH is 5. The number of ether oxygens (including phenoxy) is 1. The maximum atomic E-state index is 9.42. The molecule has 0 rings (SSSR count). The number of aliphatic hydroxyl groups is 5. The fourth-order valence-corrected chi connectivity index (χ4v) is 1.09. The molecule has 92 valence electrons. The summed E-state index contributed by atoms with van der Waals surface area (Å²) in [7, 11) is 1.17. The molecule has 8 N–H and O–H groups in total. The van der Waals surface area contributed by atoms with E-state index in [-0.39, 0.29) is 0 Å². The van der Waals surface area contributed by atoms with Gasteiger partial charge in [0.25, 0.3) is 0 Å². The lowest BCUT2D eigenvalue weighted by atomic mass is 10.0. The van der Waals surface area contributed by atoms with E-state index in [1.165, 1.54) is 7.11 Å². The minimum Gasteiger partial charge on any atom is -0.394 e. The van der Waals surface area contributed by atoms with Crippen LogP contribution in [0.15, 0.2) is 0 Å². The van der Waals surface area contributed by atoms with Crippen molar-refractivity contribution in [2.45, 2.75) is 30.6 Å². The quantitative estimate of drug-likeness (QED) is 0.131. The molecule has 0 saturated carbocycles. The average Bonchev–Trinajstić information content (AvgIpc) is 2.27. The summed E-state index contributed by atoms with van der Waals surface area (Å²) in [6.07, 6.45) is -7.36. The Bertz CT molecular complexity index is 156. The first kappa shape index (κ1) is 14.7. The van der Waals surface area contributed by atoms with Gasteiger partial charge in [0.05, 0.1) is 6.61 Å². The molecule has 1 unspecified atom stereocenters. The van der Waals surface area contributed by atoms with E-state index >= 15 is 0 Å². The molecule has 8 nitrogen and oxygen atoms in total. The van der Waals surface area contributed by atoms with E-state index < -0.39 is 37.3 Å². The highest BCUT2D eigenvalue weighted by atomic mass is 16.5. The number of rotatable bonds is 7. The first-order chi connectivity index (χ1) is 6.99. The maximum absolute atomic E-state index is 9.42. The normalized spacial score (nSPS) is 21.8. The van der Waals surface area contributed by atoms with Gasteiger partial charge < -0.3 is 30.3 Å². The van der Waals surface area contributed by atoms with Gasteiger partial charge in [-0.3, -0.25) is 5.84 Å². The second-order valence-corrected chi connectivity index (χ2v) is 3.04. The highest BCUT2D eigenvalue weighted by molar-refractivity contribution is 4.84. The maximum Gasteiger partial charge on any atom is 0.145 e. The molecule has 5 atom stereocenters. The van der Waals surface area contributed by atoms with E-state index in [2.05, 4.69) is 0 Å². The zero-order valence-corrected chi connectivity index (χ0v) is 8.32. The molecule has 0 aliphatic rings. The van der Waals surface area contributed by atoms with Gasteiger partial charge >= 0.3 is 0 Å². The average molecular weight is 226 g/mol. The first-order valence-electron chi connectivity index (χ1n) is 4.31. The molecule has 0 aliphatic heterocycles. The molecule has 0 bridgehead atoms. The standard InChI is InChI=1S/C7H18N2O6/c1-15-6(4(12)3(11)2-10)5(13)7(14)9-8/h3-7,9-14H,2,8H2,1H3/t3-,4-,5-,6+,7?/m1/s1. The lowest BCUT2D eigenvalue weighted by molar-refractivity contribution is -0.157. The molecule has 0 fully saturated rings. The van der Waals surface area contributed by atoms with Crippen molar-refractivity contribution in [2.24, 2.45) is 5.84 Å². The van der Waals surface area contributed by atoms with E-state index in [1.807, 2.05) is 5.43 Å². The van der Waals surface area contributed by atoms with Crippen molar-refractivity contribution in [2.75, 3.05) is 13.7 Å². The summed E-state index contributed by atoms with van der Waals surface area (Å²) in [6, 6.07) is 0. The second-order valence-electron chi connectivity index (χ2n) is 3.04. The van der Waals surface area contributed by atoms with Crippen molar-refractivity contribution in [3.8, 4) is 0 Å². The number of methoxy groups -OCH3 is 1. The summed E-state index contributed by atoms with van der Waals surface area (Å²) in [5, 5.41) is 45.6. The van der Waals surface area contributed by atoms with Crippen molar-refractivity contribution in [1.29, 1.82) is 0 Å². The molecule has 0 aromatic rings. The van der Waals surface area contributed by atoms with Crippen LogP contribution >= 0.6 is 0 Å². The van der Waals surface area contributed by atoms with Gasteiger partial charge in [-0.05, 0) is 0 Å². The Hall–Kier alpha value is -0.320. The van der Waals surface area contributed by atoms with E-state index in [4.69, 9.17) is 25.9 Å². The fraction of sp³-hybridized carbons (Fsp3) is 1.00. The Labute approximate surface area is 86.9 Å². The molecule has 0 radical (unpaired) electrons. The molecule has 0 saturated heterocycles. The zero-order valence-electron chi connectivity index (χ0n) is 8.32. The third-order valence-electron chi connectivity index (χ3n) is 2.02. The van der Waals surface area contributed by atoms with Crippen LogP contribution in [0.4, 0.5) is 0 Å². The first-order valence-corrected chi connectivity index (χ1v) is 4.31. The Balaban J connectivity index is 4.45. The van der Waals surface area contributed by atoms with Gasteiger partial charge in [-0.25, -0.2) is 5.43 Å². The Morgan fingerprint density at radius 3 is 2.07 bits per heavy atom. The molecule has 8 heteroatoms. The molecular formula is C7H18N2O6. The van der Waals surface area contributed by atoms with Crippen LogP contribution in [0.25, 0.3) is 0 Å². The molecule has 0 spiro atoms. The Morgan fingerprint density at radius 2 is 1.73 bits per heavy atom. The number of hydrazine groups is 1. The minimum atomic E-state index is -1.55. The Morgan fingerprint density at radius 1 is 1.20 bits per heavy atom. The monoisotopic (exact) mass is 226 g/mol. The summed E-state index contributed by atoms with van der Waals surface area (Å²) in [6.45, 7) is -0.695. The molecule has 0 heterocycles. The fourth-order valence-electron chi connectivity index (χ4n) is 1.09. The zero-order chi connectivity index (χ0) is 12.0. The molecule has 0 aromatic carbocycles.